The molecule has 0 aliphatic heterocycles. The van der Waals surface area contributed by atoms with Gasteiger partial charge in [0, 0.05) is 13.2 Å². The molecule has 1 unspecified atom stereocenters. The van der Waals surface area contributed by atoms with Gasteiger partial charge in [-0.15, -0.1) is 0 Å². The molecule has 18 heavy (non-hydrogen) atoms. The van der Waals surface area contributed by atoms with Crippen molar-refractivity contribution in [2.75, 3.05) is 26.9 Å². The Morgan fingerprint density at radius 2 is 1.83 bits per heavy atom. The van der Waals surface area contributed by atoms with Crippen molar-refractivity contribution in [2.24, 2.45) is 0 Å². The minimum absolute atomic E-state index is 0.199. The van der Waals surface area contributed by atoms with Crippen LogP contribution in [0.5, 0.6) is 0 Å². The minimum atomic E-state index is -0.587. The molecule has 0 aliphatic rings. The number of unbranched alkanes of at least 4 members (excludes halogenated alkanes) is 2. The van der Waals surface area contributed by atoms with Crippen molar-refractivity contribution < 1.29 is 14.3 Å². The van der Waals surface area contributed by atoms with Crippen molar-refractivity contribution in [1.29, 1.82) is 0 Å². The largest absolute Gasteiger partial charge is 0.468 e. The van der Waals surface area contributed by atoms with Crippen molar-refractivity contribution in [2.45, 2.75) is 58.4 Å². The van der Waals surface area contributed by atoms with Gasteiger partial charge in [0.05, 0.1) is 7.11 Å². The Morgan fingerprint density at radius 1 is 1.17 bits per heavy atom. The smallest absolute Gasteiger partial charge is 0.325 e. The van der Waals surface area contributed by atoms with Crippen molar-refractivity contribution in [1.82, 2.24) is 5.32 Å². The SMILES string of the molecule is CCCCCOCCCC(C)(NCC)C(=O)OC. The average Bonchev–Trinajstić information content (AvgIpc) is 2.37. The lowest BCUT2D eigenvalue weighted by molar-refractivity contribution is -0.148. The molecule has 0 bridgehead atoms. The molecule has 0 rings (SSSR count). The molecule has 1 N–H and O–H groups in total. The molecule has 1 atom stereocenters. The van der Waals surface area contributed by atoms with E-state index in [0.717, 1.165) is 32.4 Å². The number of hydrogen-bond donors (Lipinski definition) is 1. The molecule has 0 aromatic carbocycles. The van der Waals surface area contributed by atoms with Crippen LogP contribution in [-0.4, -0.2) is 38.4 Å². The van der Waals surface area contributed by atoms with E-state index in [2.05, 4.69) is 12.2 Å². The van der Waals surface area contributed by atoms with Gasteiger partial charge in [-0.1, -0.05) is 26.7 Å². The summed E-state index contributed by atoms with van der Waals surface area (Å²) in [4.78, 5) is 11.7. The highest BCUT2D eigenvalue weighted by molar-refractivity contribution is 5.80. The zero-order valence-corrected chi connectivity index (χ0v) is 12.4. The van der Waals surface area contributed by atoms with Crippen LogP contribution in [0.1, 0.15) is 52.9 Å². The summed E-state index contributed by atoms with van der Waals surface area (Å²) in [7, 11) is 1.43. The minimum Gasteiger partial charge on any atom is -0.468 e. The Morgan fingerprint density at radius 3 is 2.39 bits per heavy atom. The first-order valence-corrected chi connectivity index (χ1v) is 7.02. The highest BCUT2D eigenvalue weighted by Crippen LogP contribution is 2.14. The van der Waals surface area contributed by atoms with Crippen LogP contribution in [-0.2, 0) is 14.3 Å². The van der Waals surface area contributed by atoms with Crippen LogP contribution in [0, 0.1) is 0 Å². The maximum atomic E-state index is 11.7. The molecule has 0 saturated heterocycles. The number of esters is 1. The Hall–Kier alpha value is -0.610. The van der Waals surface area contributed by atoms with Gasteiger partial charge in [0.15, 0.2) is 0 Å². The first kappa shape index (κ1) is 17.4. The average molecular weight is 259 g/mol. The van der Waals surface area contributed by atoms with E-state index in [1.807, 2.05) is 13.8 Å². The fourth-order valence-corrected chi connectivity index (χ4v) is 1.96. The molecule has 4 nitrogen and oxygen atoms in total. The predicted molar refractivity (Wildman–Crippen MR) is 73.7 cm³/mol. The van der Waals surface area contributed by atoms with E-state index in [1.54, 1.807) is 0 Å². The molecule has 0 aliphatic carbocycles. The summed E-state index contributed by atoms with van der Waals surface area (Å²) in [6.07, 6.45) is 5.16. The summed E-state index contributed by atoms with van der Waals surface area (Å²) in [5.74, 6) is -0.199. The van der Waals surface area contributed by atoms with Crippen LogP contribution in [0.2, 0.25) is 0 Å². The predicted octanol–water partition coefficient (Wildman–Crippen LogP) is 2.51. The van der Waals surface area contributed by atoms with Crippen LogP contribution in [0.25, 0.3) is 0 Å². The Labute approximate surface area is 111 Å². The molecule has 0 aromatic rings. The number of rotatable bonds is 11. The third kappa shape index (κ3) is 6.97. The number of hydrogen-bond acceptors (Lipinski definition) is 4. The third-order valence-corrected chi connectivity index (χ3v) is 3.06. The zero-order valence-electron chi connectivity index (χ0n) is 12.4. The Balaban J connectivity index is 3.80. The van der Waals surface area contributed by atoms with Gasteiger partial charge < -0.3 is 14.8 Å². The maximum Gasteiger partial charge on any atom is 0.325 e. The highest BCUT2D eigenvalue weighted by atomic mass is 16.5. The van der Waals surface area contributed by atoms with E-state index in [1.165, 1.54) is 20.0 Å². The van der Waals surface area contributed by atoms with E-state index >= 15 is 0 Å². The van der Waals surface area contributed by atoms with Crippen molar-refractivity contribution in [3.05, 3.63) is 0 Å². The summed E-state index contributed by atoms with van der Waals surface area (Å²) < 4.78 is 10.4. The molecule has 0 fully saturated rings. The summed E-state index contributed by atoms with van der Waals surface area (Å²) >= 11 is 0. The molecular weight excluding hydrogens is 230 g/mol. The van der Waals surface area contributed by atoms with Gasteiger partial charge in [0.2, 0.25) is 0 Å². The lowest BCUT2D eigenvalue weighted by atomic mass is 9.96. The molecule has 0 saturated carbocycles. The number of likely N-dealkylation sites (N-methyl/N-ethyl adjacent to an activating group) is 1. The zero-order chi connectivity index (χ0) is 13.9. The number of ether oxygens (including phenoxy) is 2. The van der Waals surface area contributed by atoms with Crippen LogP contribution >= 0.6 is 0 Å². The standard InChI is InChI=1S/C14H29NO3/c1-5-7-8-11-18-12-9-10-14(3,15-6-2)13(16)17-4/h15H,5-12H2,1-4H3. The van der Waals surface area contributed by atoms with E-state index < -0.39 is 5.54 Å². The second kappa shape index (κ2) is 10.3. The highest BCUT2D eigenvalue weighted by Gasteiger charge is 2.32. The summed E-state index contributed by atoms with van der Waals surface area (Å²) in [5.41, 5.74) is -0.587. The molecule has 0 amide bonds. The summed E-state index contributed by atoms with van der Waals surface area (Å²) in [6.45, 7) is 8.34. The fourth-order valence-electron chi connectivity index (χ4n) is 1.96. The van der Waals surface area contributed by atoms with Gasteiger partial charge in [-0.2, -0.15) is 0 Å². The van der Waals surface area contributed by atoms with Crippen LogP contribution in [0.3, 0.4) is 0 Å². The molecule has 4 heteroatoms. The molecule has 0 spiro atoms. The Kier molecular flexibility index (Phi) is 9.98. The van der Waals surface area contributed by atoms with Crippen molar-refractivity contribution in [3.8, 4) is 0 Å². The van der Waals surface area contributed by atoms with Gasteiger partial charge in [-0.05, 0) is 32.7 Å². The van der Waals surface area contributed by atoms with Gasteiger partial charge in [-0.25, -0.2) is 0 Å². The second-order valence-corrected chi connectivity index (χ2v) is 4.78. The monoisotopic (exact) mass is 259 g/mol. The molecule has 0 heterocycles. The summed E-state index contributed by atoms with van der Waals surface area (Å²) in [5, 5.41) is 3.19. The number of carbonyl (C=O) groups excluding carboxylic acids is 1. The van der Waals surface area contributed by atoms with E-state index in [-0.39, 0.29) is 5.97 Å². The molecule has 108 valence electrons. The number of methoxy groups -OCH3 is 1. The van der Waals surface area contributed by atoms with Crippen LogP contribution in [0.15, 0.2) is 0 Å². The van der Waals surface area contributed by atoms with Crippen molar-refractivity contribution >= 4 is 5.97 Å². The maximum absolute atomic E-state index is 11.7. The summed E-state index contributed by atoms with van der Waals surface area (Å²) in [6, 6.07) is 0. The van der Waals surface area contributed by atoms with E-state index in [4.69, 9.17) is 9.47 Å². The van der Waals surface area contributed by atoms with E-state index in [9.17, 15) is 4.79 Å². The second-order valence-electron chi connectivity index (χ2n) is 4.78. The van der Waals surface area contributed by atoms with E-state index in [0.29, 0.717) is 6.61 Å². The first-order chi connectivity index (χ1) is 8.60. The number of nitrogens with one attached hydrogen (secondary N) is 1. The third-order valence-electron chi connectivity index (χ3n) is 3.06. The van der Waals surface area contributed by atoms with Crippen LogP contribution < -0.4 is 5.32 Å². The topological polar surface area (TPSA) is 47.6 Å². The van der Waals surface area contributed by atoms with Gasteiger partial charge in [-0.3, -0.25) is 4.79 Å². The lowest BCUT2D eigenvalue weighted by Crippen LogP contribution is -2.50. The Bertz CT molecular complexity index is 221. The van der Waals surface area contributed by atoms with Crippen molar-refractivity contribution in [3.63, 3.8) is 0 Å². The number of carbonyl (C=O) groups is 1. The van der Waals surface area contributed by atoms with Crippen LogP contribution in [0.4, 0.5) is 0 Å². The van der Waals surface area contributed by atoms with Gasteiger partial charge in [0.1, 0.15) is 5.54 Å². The normalized spacial score (nSPS) is 14.2. The molecule has 0 radical (unpaired) electrons. The quantitative estimate of drug-likeness (QED) is 0.457. The van der Waals surface area contributed by atoms with Gasteiger partial charge in [0.25, 0.3) is 0 Å². The molecular formula is C14H29NO3. The van der Waals surface area contributed by atoms with Gasteiger partial charge >= 0.3 is 5.97 Å². The molecule has 0 aromatic heterocycles. The fraction of sp³-hybridized carbons (Fsp3) is 0.929. The lowest BCUT2D eigenvalue weighted by Gasteiger charge is -2.27. The first-order valence-electron chi connectivity index (χ1n) is 7.02.